The van der Waals surface area contributed by atoms with E-state index < -0.39 is 4.92 Å². The molecule has 0 aliphatic heterocycles. The predicted octanol–water partition coefficient (Wildman–Crippen LogP) is 2.21. The number of aromatic nitrogens is 1. The molecule has 1 heterocycles. The largest absolute Gasteiger partial charge is 0.444 e. The van der Waals surface area contributed by atoms with E-state index in [0.717, 1.165) is 18.5 Å². The molecule has 1 aromatic heterocycles. The maximum atomic E-state index is 10.6. The molecule has 1 aliphatic carbocycles. The highest BCUT2D eigenvalue weighted by Gasteiger charge is 2.29. The van der Waals surface area contributed by atoms with Gasteiger partial charge in [0.1, 0.15) is 6.26 Å². The van der Waals surface area contributed by atoms with Gasteiger partial charge in [-0.2, -0.15) is 0 Å². The van der Waals surface area contributed by atoms with Gasteiger partial charge in [-0.05, 0) is 25.0 Å². The fraction of sp³-hybridized carbons (Fsp3) is 0.400. The number of nitro groups is 1. The van der Waals surface area contributed by atoms with Gasteiger partial charge in [-0.3, -0.25) is 15.0 Å². The Morgan fingerprint density at radius 3 is 2.68 bits per heavy atom. The molecular formula is C15H17N3O4. The van der Waals surface area contributed by atoms with Crippen molar-refractivity contribution < 1.29 is 14.4 Å². The van der Waals surface area contributed by atoms with Crippen molar-refractivity contribution >= 4 is 5.69 Å². The summed E-state index contributed by atoms with van der Waals surface area (Å²) in [6, 6.07) is 6.65. The van der Waals surface area contributed by atoms with Crippen LogP contribution in [0.15, 0.2) is 34.9 Å². The zero-order valence-electron chi connectivity index (χ0n) is 12.0. The molecule has 1 N–H and O–H groups in total. The van der Waals surface area contributed by atoms with Crippen molar-refractivity contribution in [1.29, 1.82) is 0 Å². The van der Waals surface area contributed by atoms with Crippen molar-refractivity contribution in [3.05, 3.63) is 46.3 Å². The molecule has 1 saturated carbocycles. The second-order valence-electron chi connectivity index (χ2n) is 5.37. The number of non-ortho nitro benzene ring substituents is 1. The van der Waals surface area contributed by atoms with Gasteiger partial charge in [-0.25, -0.2) is 4.98 Å². The molecule has 22 heavy (non-hydrogen) atoms. The maximum absolute atomic E-state index is 10.6. The molecule has 1 aromatic carbocycles. The average molecular weight is 303 g/mol. The number of nitro benzene ring substituents is 1. The first kappa shape index (κ1) is 14.7. The Kier molecular flexibility index (Phi) is 4.17. The lowest BCUT2D eigenvalue weighted by atomic mass is 10.2. The van der Waals surface area contributed by atoms with E-state index >= 15 is 0 Å². The van der Waals surface area contributed by atoms with Crippen LogP contribution in [0.25, 0.3) is 11.5 Å². The number of hydrogen-bond acceptors (Lipinski definition) is 6. The van der Waals surface area contributed by atoms with E-state index in [2.05, 4.69) is 9.88 Å². The highest BCUT2D eigenvalue weighted by Crippen LogP contribution is 2.28. The number of aliphatic hydroxyl groups excluding tert-OH is 1. The molecule has 1 fully saturated rings. The fourth-order valence-electron chi connectivity index (χ4n) is 2.40. The van der Waals surface area contributed by atoms with Crippen LogP contribution in [0, 0.1) is 10.1 Å². The Balaban J connectivity index is 1.71. The zero-order chi connectivity index (χ0) is 15.5. The summed E-state index contributed by atoms with van der Waals surface area (Å²) < 4.78 is 5.46. The van der Waals surface area contributed by atoms with Gasteiger partial charge in [-0.1, -0.05) is 0 Å². The standard InChI is InChI=1S/C15H17N3O4/c19-8-7-17(13-5-6-13)9-12-10-22-15(16-12)11-1-3-14(4-2-11)18(20)21/h1-4,10,13,19H,5-9H2. The highest BCUT2D eigenvalue weighted by atomic mass is 16.6. The third kappa shape index (κ3) is 3.32. The number of hydrogen-bond donors (Lipinski definition) is 1. The lowest BCUT2D eigenvalue weighted by Crippen LogP contribution is -2.28. The SMILES string of the molecule is O=[N+]([O-])c1ccc(-c2nc(CN(CCO)C3CC3)co2)cc1. The molecule has 116 valence electrons. The van der Waals surface area contributed by atoms with Gasteiger partial charge in [0.25, 0.3) is 5.69 Å². The van der Waals surface area contributed by atoms with E-state index in [1.54, 1.807) is 18.4 Å². The van der Waals surface area contributed by atoms with E-state index in [1.807, 2.05) is 0 Å². The van der Waals surface area contributed by atoms with Gasteiger partial charge in [0.2, 0.25) is 5.89 Å². The van der Waals surface area contributed by atoms with Gasteiger partial charge < -0.3 is 9.52 Å². The van der Waals surface area contributed by atoms with Crippen LogP contribution in [0.2, 0.25) is 0 Å². The quantitative estimate of drug-likeness (QED) is 0.622. The van der Waals surface area contributed by atoms with Gasteiger partial charge in [0.05, 0.1) is 17.2 Å². The summed E-state index contributed by atoms with van der Waals surface area (Å²) in [5.74, 6) is 0.449. The molecule has 0 atom stereocenters. The number of nitrogens with zero attached hydrogens (tertiary/aromatic N) is 3. The minimum Gasteiger partial charge on any atom is -0.444 e. The van der Waals surface area contributed by atoms with E-state index in [9.17, 15) is 10.1 Å². The van der Waals surface area contributed by atoms with E-state index in [1.165, 1.54) is 12.1 Å². The molecule has 0 amide bonds. The van der Waals surface area contributed by atoms with Crippen molar-refractivity contribution in [3.8, 4) is 11.5 Å². The average Bonchev–Trinajstić information content (AvgIpc) is 3.26. The van der Waals surface area contributed by atoms with Crippen LogP contribution < -0.4 is 0 Å². The topological polar surface area (TPSA) is 92.6 Å². The monoisotopic (exact) mass is 303 g/mol. The van der Waals surface area contributed by atoms with E-state index in [0.29, 0.717) is 30.6 Å². The minimum absolute atomic E-state index is 0.0402. The first-order chi connectivity index (χ1) is 10.7. The molecule has 0 bridgehead atoms. The first-order valence-corrected chi connectivity index (χ1v) is 7.21. The van der Waals surface area contributed by atoms with Crippen molar-refractivity contribution in [3.63, 3.8) is 0 Å². The molecule has 0 radical (unpaired) electrons. The lowest BCUT2D eigenvalue weighted by molar-refractivity contribution is -0.384. The van der Waals surface area contributed by atoms with Gasteiger partial charge in [0.15, 0.2) is 0 Å². The van der Waals surface area contributed by atoms with Crippen LogP contribution in [-0.2, 0) is 6.54 Å². The molecular weight excluding hydrogens is 286 g/mol. The fourth-order valence-corrected chi connectivity index (χ4v) is 2.40. The number of benzene rings is 1. The minimum atomic E-state index is -0.437. The summed E-state index contributed by atoms with van der Waals surface area (Å²) in [5, 5.41) is 19.8. The maximum Gasteiger partial charge on any atom is 0.269 e. The van der Waals surface area contributed by atoms with Crippen LogP contribution >= 0.6 is 0 Å². The van der Waals surface area contributed by atoms with Crippen LogP contribution in [0.1, 0.15) is 18.5 Å². The van der Waals surface area contributed by atoms with Crippen LogP contribution in [0.3, 0.4) is 0 Å². The number of aliphatic hydroxyl groups is 1. The summed E-state index contributed by atoms with van der Waals surface area (Å²) >= 11 is 0. The number of rotatable bonds is 7. The summed E-state index contributed by atoms with van der Waals surface area (Å²) in [7, 11) is 0. The molecule has 0 saturated heterocycles. The Labute approximate surface area is 127 Å². The van der Waals surface area contributed by atoms with Gasteiger partial charge in [-0.15, -0.1) is 0 Å². The molecule has 7 nitrogen and oxygen atoms in total. The third-order valence-electron chi connectivity index (χ3n) is 3.69. The second kappa shape index (κ2) is 6.25. The van der Waals surface area contributed by atoms with E-state index in [-0.39, 0.29) is 12.3 Å². The Morgan fingerprint density at radius 2 is 2.09 bits per heavy atom. The molecule has 0 spiro atoms. The zero-order valence-corrected chi connectivity index (χ0v) is 12.0. The van der Waals surface area contributed by atoms with Crippen molar-refractivity contribution in [2.24, 2.45) is 0 Å². The Bertz CT molecular complexity index is 649. The third-order valence-corrected chi connectivity index (χ3v) is 3.69. The lowest BCUT2D eigenvalue weighted by Gasteiger charge is -2.18. The van der Waals surface area contributed by atoms with E-state index in [4.69, 9.17) is 9.52 Å². The summed E-state index contributed by atoms with van der Waals surface area (Å²) in [6.07, 6.45) is 3.92. The predicted molar refractivity (Wildman–Crippen MR) is 79.1 cm³/mol. The smallest absolute Gasteiger partial charge is 0.269 e. The van der Waals surface area contributed by atoms with Crippen molar-refractivity contribution in [2.45, 2.75) is 25.4 Å². The van der Waals surface area contributed by atoms with Crippen LogP contribution in [0.5, 0.6) is 0 Å². The van der Waals surface area contributed by atoms with Crippen molar-refractivity contribution in [1.82, 2.24) is 9.88 Å². The summed E-state index contributed by atoms with van der Waals surface area (Å²) in [4.78, 5) is 16.8. The van der Waals surface area contributed by atoms with Gasteiger partial charge >= 0.3 is 0 Å². The van der Waals surface area contributed by atoms with Crippen LogP contribution in [-0.4, -0.2) is 39.1 Å². The molecule has 7 heteroatoms. The van der Waals surface area contributed by atoms with Gasteiger partial charge in [0, 0.05) is 36.8 Å². The highest BCUT2D eigenvalue weighted by molar-refractivity contribution is 5.55. The molecule has 2 aromatic rings. The molecule has 1 aliphatic rings. The summed E-state index contributed by atoms with van der Waals surface area (Å²) in [6.45, 7) is 1.40. The molecule has 3 rings (SSSR count). The van der Waals surface area contributed by atoms with Crippen molar-refractivity contribution in [2.75, 3.05) is 13.2 Å². The Morgan fingerprint density at radius 1 is 1.36 bits per heavy atom. The Hall–Kier alpha value is -2.25. The normalized spacial score (nSPS) is 14.5. The molecule has 0 unspecified atom stereocenters. The number of oxazole rings is 1. The van der Waals surface area contributed by atoms with Crippen LogP contribution in [0.4, 0.5) is 5.69 Å². The summed E-state index contributed by atoms with van der Waals surface area (Å²) in [5.41, 5.74) is 1.55. The second-order valence-corrected chi connectivity index (χ2v) is 5.37. The first-order valence-electron chi connectivity index (χ1n) is 7.21.